The van der Waals surface area contributed by atoms with Gasteiger partial charge in [-0.2, -0.15) is 0 Å². The minimum absolute atomic E-state index is 0.108. The topological polar surface area (TPSA) is 237 Å². The lowest BCUT2D eigenvalue weighted by Crippen LogP contribution is -2.30. The average molecular weight is 1490 g/mol. The van der Waals surface area contributed by atoms with E-state index in [0.29, 0.717) is 25.7 Å². The first-order valence-electron chi connectivity index (χ1n) is 43.2. The van der Waals surface area contributed by atoms with Gasteiger partial charge >= 0.3 is 39.5 Å². The van der Waals surface area contributed by atoms with E-state index < -0.39 is 97.5 Å². The number of hydrogen-bond acceptors (Lipinski definition) is 15. The van der Waals surface area contributed by atoms with Crippen LogP contribution in [0.25, 0.3) is 0 Å². The third-order valence-corrected chi connectivity index (χ3v) is 21.8. The fourth-order valence-electron chi connectivity index (χ4n) is 12.9. The zero-order chi connectivity index (χ0) is 74.8. The Morgan fingerprint density at radius 2 is 0.471 bits per heavy atom. The summed E-state index contributed by atoms with van der Waals surface area (Å²) >= 11 is 0. The van der Waals surface area contributed by atoms with Gasteiger partial charge < -0.3 is 33.8 Å². The van der Waals surface area contributed by atoms with Crippen LogP contribution in [0.2, 0.25) is 0 Å². The number of rotatable bonds is 83. The summed E-state index contributed by atoms with van der Waals surface area (Å²) in [6.45, 7) is 7.39. The molecule has 0 saturated carbocycles. The molecule has 0 aliphatic rings. The highest BCUT2D eigenvalue weighted by Crippen LogP contribution is 2.45. The predicted molar refractivity (Wildman–Crippen MR) is 418 cm³/mol. The molecule has 0 heterocycles. The van der Waals surface area contributed by atoms with Gasteiger partial charge in [0.05, 0.1) is 26.4 Å². The van der Waals surface area contributed by atoms with Crippen LogP contribution < -0.4 is 0 Å². The molecule has 6 atom stereocenters. The molecule has 0 rings (SSSR count). The number of hydrogen-bond donors (Lipinski definition) is 3. The number of esters is 4. The first kappa shape index (κ1) is 100. The normalized spacial score (nSPS) is 14.1. The average Bonchev–Trinajstić information content (AvgIpc) is 0.936. The Bertz CT molecular complexity index is 1950. The predicted octanol–water partition coefficient (Wildman–Crippen LogP) is 25.2. The molecule has 606 valence electrons. The third kappa shape index (κ3) is 74.9. The van der Waals surface area contributed by atoms with Gasteiger partial charge in [0.1, 0.15) is 19.3 Å². The highest BCUT2D eigenvalue weighted by molar-refractivity contribution is 7.47. The maximum absolute atomic E-state index is 13.1. The standard InChI is InChI=1S/C83H162O17P2/c1-6-10-13-16-19-22-25-26-27-28-29-33-36-39-43-47-52-57-62-67-81(86)94-73-79(100-83(88)69-64-59-54-49-44-40-37-34-31-30-32-35-38-42-45-50-55-60-65-76(5)9-4)75-98-102(91,92)96-71-77(84)70-95-101(89,90)97-74-78(72-93-80(85)66-61-56-51-46-24-21-18-15-12-8-3)99-82(87)68-63-58-53-48-41-23-20-17-14-11-7-2/h76-79,84H,6-75H2,1-5H3,(H,89,90)(H,91,92)/t76?,77-,78+,79+/m0/s1. The number of ether oxygens (including phenoxy) is 4. The van der Waals surface area contributed by atoms with Crippen LogP contribution in [0.1, 0.15) is 446 Å². The summed E-state index contributed by atoms with van der Waals surface area (Å²) in [7, 11) is -9.92. The van der Waals surface area contributed by atoms with Crippen LogP contribution in [-0.4, -0.2) is 96.7 Å². The van der Waals surface area contributed by atoms with E-state index in [2.05, 4.69) is 34.6 Å². The van der Waals surface area contributed by atoms with Crippen LogP contribution in [0.15, 0.2) is 0 Å². The van der Waals surface area contributed by atoms with Crippen molar-refractivity contribution in [1.29, 1.82) is 0 Å². The smallest absolute Gasteiger partial charge is 0.462 e. The Kier molecular flexibility index (Phi) is 74.4. The zero-order valence-corrected chi connectivity index (χ0v) is 68.5. The molecule has 19 heteroatoms. The molecule has 0 fully saturated rings. The van der Waals surface area contributed by atoms with Gasteiger partial charge in [-0.05, 0) is 31.6 Å². The summed E-state index contributed by atoms with van der Waals surface area (Å²) in [5.41, 5.74) is 0. The Morgan fingerprint density at radius 3 is 0.696 bits per heavy atom. The molecule has 0 bridgehead atoms. The van der Waals surface area contributed by atoms with Gasteiger partial charge in [-0.15, -0.1) is 0 Å². The molecular formula is C83H162O17P2. The summed E-state index contributed by atoms with van der Waals surface area (Å²) in [5.74, 6) is -1.23. The molecule has 0 aromatic carbocycles. The number of carbonyl (C=O) groups is 4. The van der Waals surface area contributed by atoms with E-state index in [0.717, 1.165) is 95.8 Å². The molecule has 0 aliphatic carbocycles. The lowest BCUT2D eigenvalue weighted by atomic mass is 9.99. The van der Waals surface area contributed by atoms with E-state index in [1.54, 1.807) is 0 Å². The molecule has 0 aromatic rings. The minimum Gasteiger partial charge on any atom is -0.462 e. The highest BCUT2D eigenvalue weighted by atomic mass is 31.2. The van der Waals surface area contributed by atoms with Crippen LogP contribution in [-0.2, 0) is 65.4 Å². The van der Waals surface area contributed by atoms with Crippen LogP contribution >= 0.6 is 15.6 Å². The van der Waals surface area contributed by atoms with Gasteiger partial charge in [0.2, 0.25) is 0 Å². The van der Waals surface area contributed by atoms with Crippen LogP contribution in [0, 0.1) is 5.92 Å². The second kappa shape index (κ2) is 75.9. The number of phosphoric acid groups is 2. The fraction of sp³-hybridized carbons (Fsp3) is 0.952. The van der Waals surface area contributed by atoms with Gasteiger partial charge in [-0.3, -0.25) is 37.3 Å². The quantitative estimate of drug-likeness (QED) is 0.0222. The van der Waals surface area contributed by atoms with Gasteiger partial charge in [0.15, 0.2) is 12.2 Å². The maximum atomic E-state index is 13.1. The first-order chi connectivity index (χ1) is 49.6. The summed E-state index contributed by atoms with van der Waals surface area (Å²) in [6, 6.07) is 0. The van der Waals surface area contributed by atoms with Crippen molar-refractivity contribution in [1.82, 2.24) is 0 Å². The van der Waals surface area contributed by atoms with E-state index in [1.807, 2.05) is 0 Å². The van der Waals surface area contributed by atoms with Crippen molar-refractivity contribution >= 4 is 39.5 Å². The SMILES string of the molecule is CCCCCCCCCCCCCCCCCCCCCC(=O)OC[C@H](COP(=O)(O)OC[C@@H](O)COP(=O)(O)OC[C@@H](COC(=O)CCCCCCCCCCCC)OC(=O)CCCCCCCCCCCCC)OC(=O)CCCCCCCCCCCCCCCCCCCCC(C)CC. The van der Waals surface area contributed by atoms with E-state index in [-0.39, 0.29) is 25.7 Å². The first-order valence-corrected chi connectivity index (χ1v) is 46.2. The molecule has 0 aromatic heterocycles. The van der Waals surface area contributed by atoms with Crippen molar-refractivity contribution in [2.75, 3.05) is 39.6 Å². The maximum Gasteiger partial charge on any atom is 0.472 e. The van der Waals surface area contributed by atoms with E-state index in [9.17, 15) is 43.2 Å². The second-order valence-corrected chi connectivity index (χ2v) is 33.0. The largest absolute Gasteiger partial charge is 0.472 e. The third-order valence-electron chi connectivity index (χ3n) is 19.9. The van der Waals surface area contributed by atoms with Crippen molar-refractivity contribution in [3.05, 3.63) is 0 Å². The number of unbranched alkanes of at least 4 members (excludes halogenated alkanes) is 54. The molecule has 0 aliphatic heterocycles. The molecule has 0 saturated heterocycles. The molecule has 0 spiro atoms. The lowest BCUT2D eigenvalue weighted by Gasteiger charge is -2.21. The van der Waals surface area contributed by atoms with Crippen molar-refractivity contribution in [3.63, 3.8) is 0 Å². The Hall–Kier alpha value is -1.94. The van der Waals surface area contributed by atoms with Crippen LogP contribution in [0.5, 0.6) is 0 Å². The number of aliphatic hydroxyl groups is 1. The van der Waals surface area contributed by atoms with E-state index in [1.165, 1.54) is 270 Å². The summed E-state index contributed by atoms with van der Waals surface area (Å²) in [4.78, 5) is 73.0. The summed E-state index contributed by atoms with van der Waals surface area (Å²) < 4.78 is 68.7. The zero-order valence-electron chi connectivity index (χ0n) is 66.8. The minimum atomic E-state index is -4.96. The Balaban J connectivity index is 5.19. The molecule has 3 N–H and O–H groups in total. The van der Waals surface area contributed by atoms with E-state index in [4.69, 9.17) is 37.0 Å². The summed E-state index contributed by atoms with van der Waals surface area (Å²) in [5, 5.41) is 10.6. The van der Waals surface area contributed by atoms with Crippen molar-refractivity contribution < 1.29 is 80.2 Å². The number of aliphatic hydroxyl groups excluding tert-OH is 1. The van der Waals surface area contributed by atoms with Crippen LogP contribution in [0.3, 0.4) is 0 Å². The Morgan fingerprint density at radius 1 is 0.275 bits per heavy atom. The molecule has 0 radical (unpaired) electrons. The van der Waals surface area contributed by atoms with Crippen molar-refractivity contribution in [2.45, 2.75) is 464 Å². The van der Waals surface area contributed by atoms with Gasteiger partial charge in [-0.1, -0.05) is 394 Å². The molecule has 3 unspecified atom stereocenters. The fourth-order valence-corrected chi connectivity index (χ4v) is 14.5. The molecular weight excluding hydrogens is 1330 g/mol. The van der Waals surface area contributed by atoms with Crippen molar-refractivity contribution in [3.8, 4) is 0 Å². The van der Waals surface area contributed by atoms with Gasteiger partial charge in [0.25, 0.3) is 0 Å². The molecule has 102 heavy (non-hydrogen) atoms. The Labute approximate surface area is 626 Å². The van der Waals surface area contributed by atoms with E-state index >= 15 is 0 Å². The highest BCUT2D eigenvalue weighted by Gasteiger charge is 2.30. The molecule has 17 nitrogen and oxygen atoms in total. The van der Waals surface area contributed by atoms with Gasteiger partial charge in [0, 0.05) is 25.7 Å². The van der Waals surface area contributed by atoms with Gasteiger partial charge in [-0.25, -0.2) is 9.13 Å². The second-order valence-electron chi connectivity index (χ2n) is 30.1. The number of carbonyl (C=O) groups excluding carboxylic acids is 4. The van der Waals surface area contributed by atoms with Crippen LogP contribution in [0.4, 0.5) is 0 Å². The molecule has 0 amide bonds. The lowest BCUT2D eigenvalue weighted by molar-refractivity contribution is -0.161. The summed E-state index contributed by atoms with van der Waals surface area (Å²) in [6.07, 6.45) is 68.0. The van der Waals surface area contributed by atoms with Crippen molar-refractivity contribution in [2.24, 2.45) is 5.92 Å². The monoisotopic (exact) mass is 1490 g/mol. The number of phosphoric ester groups is 2.